The average molecular weight is 378 g/mol. The number of fused-ring (bicyclic) bond motifs is 1. The van der Waals surface area contributed by atoms with E-state index in [1.54, 1.807) is 30.3 Å². The first kappa shape index (κ1) is 19.7. The second kappa shape index (κ2) is 9.27. The van der Waals surface area contributed by atoms with E-state index in [-0.39, 0.29) is 11.3 Å². The molecule has 1 N–H and O–H groups in total. The Bertz CT molecular complexity index is 948. The molecule has 3 aromatic carbocycles. The number of benzene rings is 3. The van der Waals surface area contributed by atoms with Crippen LogP contribution in [0.5, 0.6) is 17.2 Å². The lowest BCUT2D eigenvalue weighted by molar-refractivity contribution is 0.0731. The van der Waals surface area contributed by atoms with E-state index in [2.05, 4.69) is 6.92 Å². The topological polar surface area (TPSA) is 55.8 Å². The monoisotopic (exact) mass is 378 g/mol. The zero-order chi connectivity index (χ0) is 19.9. The molecule has 0 aliphatic rings. The lowest BCUT2D eigenvalue weighted by Gasteiger charge is -2.14. The van der Waals surface area contributed by atoms with Crippen molar-refractivity contribution in [2.45, 2.75) is 39.5 Å². The molecule has 3 aromatic rings. The van der Waals surface area contributed by atoms with Crippen molar-refractivity contribution in [2.75, 3.05) is 6.61 Å². The summed E-state index contributed by atoms with van der Waals surface area (Å²) < 4.78 is 11.4. The van der Waals surface area contributed by atoms with Gasteiger partial charge in [0.1, 0.15) is 22.8 Å². The van der Waals surface area contributed by atoms with Crippen molar-refractivity contribution in [2.24, 2.45) is 0 Å². The SMILES string of the molecule is CCCCCCOc1cc(C(=O)Oc2ccccc2)c(O)c2ccc(C)cc12. The zero-order valence-electron chi connectivity index (χ0n) is 16.4. The molecule has 28 heavy (non-hydrogen) atoms. The molecule has 0 aliphatic heterocycles. The van der Waals surface area contributed by atoms with Crippen LogP contribution in [0, 0.1) is 6.92 Å². The molecule has 0 saturated heterocycles. The van der Waals surface area contributed by atoms with Gasteiger partial charge in [-0.05, 0) is 37.6 Å². The maximum Gasteiger partial charge on any atom is 0.347 e. The van der Waals surface area contributed by atoms with E-state index in [0.717, 1.165) is 30.2 Å². The number of aryl methyl sites for hydroxylation is 1. The Morgan fingerprint density at radius 1 is 0.964 bits per heavy atom. The van der Waals surface area contributed by atoms with Gasteiger partial charge in [-0.25, -0.2) is 4.79 Å². The summed E-state index contributed by atoms with van der Waals surface area (Å²) in [6.45, 7) is 4.72. The molecule has 0 spiro atoms. The number of hydrogen-bond acceptors (Lipinski definition) is 4. The number of para-hydroxylation sites is 1. The van der Waals surface area contributed by atoms with Crippen molar-refractivity contribution in [1.82, 2.24) is 0 Å². The van der Waals surface area contributed by atoms with Crippen molar-refractivity contribution < 1.29 is 19.4 Å². The van der Waals surface area contributed by atoms with Gasteiger partial charge in [-0.2, -0.15) is 0 Å². The van der Waals surface area contributed by atoms with E-state index >= 15 is 0 Å². The van der Waals surface area contributed by atoms with Crippen molar-refractivity contribution in [1.29, 1.82) is 0 Å². The van der Waals surface area contributed by atoms with E-state index in [9.17, 15) is 9.90 Å². The van der Waals surface area contributed by atoms with Crippen molar-refractivity contribution in [3.63, 3.8) is 0 Å². The quantitative estimate of drug-likeness (QED) is 0.295. The summed E-state index contributed by atoms with van der Waals surface area (Å²) >= 11 is 0. The molecule has 3 rings (SSSR count). The van der Waals surface area contributed by atoms with Gasteiger partial charge in [-0.1, -0.05) is 62.1 Å². The predicted octanol–water partition coefficient (Wildman–Crippen LogP) is 6.03. The molecule has 4 heteroatoms. The molecule has 0 aromatic heterocycles. The van der Waals surface area contributed by atoms with E-state index in [4.69, 9.17) is 9.47 Å². The largest absolute Gasteiger partial charge is 0.506 e. The summed E-state index contributed by atoms with van der Waals surface area (Å²) in [6, 6.07) is 16.1. The number of rotatable bonds is 8. The van der Waals surface area contributed by atoms with Crippen LogP contribution in [-0.4, -0.2) is 17.7 Å². The third kappa shape index (κ3) is 4.63. The van der Waals surface area contributed by atoms with Crippen molar-refractivity contribution >= 4 is 16.7 Å². The molecule has 0 bridgehead atoms. The lowest BCUT2D eigenvalue weighted by Crippen LogP contribution is -2.10. The minimum absolute atomic E-state index is 0.0886. The van der Waals surface area contributed by atoms with Crippen molar-refractivity contribution in [3.05, 3.63) is 65.7 Å². The summed E-state index contributed by atoms with van der Waals surface area (Å²) in [5.41, 5.74) is 1.16. The van der Waals surface area contributed by atoms with Crippen LogP contribution in [0.4, 0.5) is 0 Å². The first-order valence-electron chi connectivity index (χ1n) is 9.76. The predicted molar refractivity (Wildman–Crippen MR) is 111 cm³/mol. The van der Waals surface area contributed by atoms with Gasteiger partial charge < -0.3 is 14.6 Å². The maximum atomic E-state index is 12.7. The molecule has 0 saturated carbocycles. The summed E-state index contributed by atoms with van der Waals surface area (Å²) in [7, 11) is 0. The normalized spacial score (nSPS) is 10.8. The van der Waals surface area contributed by atoms with E-state index in [0.29, 0.717) is 23.5 Å². The van der Waals surface area contributed by atoms with E-state index in [1.807, 2.05) is 31.2 Å². The van der Waals surface area contributed by atoms with Gasteiger partial charge in [0, 0.05) is 10.8 Å². The first-order chi connectivity index (χ1) is 13.6. The first-order valence-corrected chi connectivity index (χ1v) is 9.76. The number of unbranched alkanes of at least 4 members (excludes halogenated alkanes) is 3. The highest BCUT2D eigenvalue weighted by Gasteiger charge is 2.20. The molecule has 0 heterocycles. The van der Waals surface area contributed by atoms with Crippen LogP contribution in [0.1, 0.15) is 48.5 Å². The fourth-order valence-corrected chi connectivity index (χ4v) is 3.13. The number of carbonyl (C=O) groups is 1. The molecular weight excluding hydrogens is 352 g/mol. The fraction of sp³-hybridized carbons (Fsp3) is 0.292. The van der Waals surface area contributed by atoms with Gasteiger partial charge in [-0.15, -0.1) is 0 Å². The Balaban J connectivity index is 1.92. The van der Waals surface area contributed by atoms with Crippen LogP contribution in [0.15, 0.2) is 54.6 Å². The summed E-state index contributed by atoms with van der Waals surface area (Å²) in [6.07, 6.45) is 4.39. The molecule has 0 unspecified atom stereocenters. The van der Waals surface area contributed by atoms with Crippen molar-refractivity contribution in [3.8, 4) is 17.2 Å². The minimum Gasteiger partial charge on any atom is -0.506 e. The van der Waals surface area contributed by atoms with Gasteiger partial charge in [0.05, 0.1) is 6.61 Å². The Labute approximate surface area is 165 Å². The Hall–Kier alpha value is -3.01. The van der Waals surface area contributed by atoms with E-state index in [1.165, 1.54) is 6.42 Å². The number of esters is 1. The number of phenols is 1. The summed E-state index contributed by atoms with van der Waals surface area (Å²) in [5.74, 6) is 0.321. The van der Waals surface area contributed by atoms with Crippen LogP contribution >= 0.6 is 0 Å². The number of hydrogen-bond donors (Lipinski definition) is 1. The highest BCUT2D eigenvalue weighted by molar-refractivity contribution is 6.04. The van der Waals surface area contributed by atoms with Gasteiger partial charge in [0.2, 0.25) is 0 Å². The molecule has 0 radical (unpaired) electrons. The number of carbonyl (C=O) groups excluding carboxylic acids is 1. The second-order valence-corrected chi connectivity index (χ2v) is 6.93. The van der Waals surface area contributed by atoms with Gasteiger partial charge in [0.25, 0.3) is 0 Å². The lowest BCUT2D eigenvalue weighted by atomic mass is 10.0. The maximum absolute atomic E-state index is 12.7. The highest BCUT2D eigenvalue weighted by atomic mass is 16.5. The fourth-order valence-electron chi connectivity index (χ4n) is 3.13. The number of aromatic hydroxyl groups is 1. The molecular formula is C24H26O4. The van der Waals surface area contributed by atoms with Crippen LogP contribution in [-0.2, 0) is 0 Å². The molecule has 146 valence electrons. The van der Waals surface area contributed by atoms with Gasteiger partial charge >= 0.3 is 5.97 Å². The highest BCUT2D eigenvalue weighted by Crippen LogP contribution is 2.37. The minimum atomic E-state index is -0.609. The standard InChI is InChI=1S/C24H26O4/c1-3-4-5-9-14-27-22-16-21(24(26)28-18-10-7-6-8-11-18)23(25)19-13-12-17(2)15-20(19)22/h6-8,10-13,15-16,25H,3-5,9,14H2,1-2H3. The van der Waals surface area contributed by atoms with Crippen LogP contribution in [0.2, 0.25) is 0 Å². The Morgan fingerprint density at radius 3 is 2.50 bits per heavy atom. The zero-order valence-corrected chi connectivity index (χ0v) is 16.4. The summed E-state index contributed by atoms with van der Waals surface area (Å²) in [4.78, 5) is 12.7. The van der Waals surface area contributed by atoms with Crippen LogP contribution in [0.25, 0.3) is 10.8 Å². The molecule has 0 amide bonds. The summed E-state index contributed by atoms with van der Waals surface area (Å²) in [5, 5.41) is 12.1. The Kier molecular flexibility index (Phi) is 6.53. The molecule has 0 aliphatic carbocycles. The van der Waals surface area contributed by atoms with Crippen LogP contribution in [0.3, 0.4) is 0 Å². The second-order valence-electron chi connectivity index (χ2n) is 6.93. The third-order valence-electron chi connectivity index (χ3n) is 4.66. The average Bonchev–Trinajstić information content (AvgIpc) is 2.70. The molecule has 0 atom stereocenters. The molecule has 0 fully saturated rings. The molecule has 4 nitrogen and oxygen atoms in total. The smallest absolute Gasteiger partial charge is 0.347 e. The van der Waals surface area contributed by atoms with Gasteiger partial charge in [-0.3, -0.25) is 0 Å². The third-order valence-corrected chi connectivity index (χ3v) is 4.66. The van der Waals surface area contributed by atoms with E-state index < -0.39 is 5.97 Å². The number of ether oxygens (including phenoxy) is 2. The Morgan fingerprint density at radius 2 is 1.75 bits per heavy atom. The number of phenolic OH excluding ortho intramolecular Hbond substituents is 1. The van der Waals surface area contributed by atoms with Gasteiger partial charge in [0.15, 0.2) is 0 Å². The van der Waals surface area contributed by atoms with Crippen LogP contribution < -0.4 is 9.47 Å².